The van der Waals surface area contributed by atoms with Crippen LogP contribution in [-0.2, 0) is 13.0 Å². The van der Waals surface area contributed by atoms with Gasteiger partial charge < -0.3 is 9.51 Å². The van der Waals surface area contributed by atoms with Gasteiger partial charge in [0.2, 0.25) is 11.7 Å². The Balaban J connectivity index is 1.63. The van der Waals surface area contributed by atoms with E-state index in [0.29, 0.717) is 40.5 Å². The van der Waals surface area contributed by atoms with Crippen LogP contribution in [0.25, 0.3) is 22.3 Å². The van der Waals surface area contributed by atoms with E-state index in [2.05, 4.69) is 46.0 Å². The van der Waals surface area contributed by atoms with Crippen LogP contribution in [0.2, 0.25) is 0 Å². The lowest BCUT2D eigenvalue weighted by Crippen LogP contribution is -2.08. The van der Waals surface area contributed by atoms with Crippen LogP contribution in [-0.4, -0.2) is 29.9 Å². The number of rotatable bonds is 5. The maximum Gasteiger partial charge on any atom is 0.258 e. The van der Waals surface area contributed by atoms with Crippen LogP contribution < -0.4 is 5.56 Å². The van der Waals surface area contributed by atoms with Crippen molar-refractivity contribution in [3.63, 3.8) is 0 Å². The zero-order valence-electron chi connectivity index (χ0n) is 16.4. The van der Waals surface area contributed by atoms with E-state index in [4.69, 9.17) is 4.52 Å². The van der Waals surface area contributed by atoms with E-state index in [0.717, 1.165) is 23.5 Å². The van der Waals surface area contributed by atoms with Crippen molar-refractivity contribution in [2.24, 2.45) is 5.92 Å². The molecule has 4 rings (SSSR count). The molecule has 0 bridgehead atoms. The minimum atomic E-state index is -0.195. The first-order valence-electron chi connectivity index (χ1n) is 9.25. The Morgan fingerprint density at radius 1 is 1.25 bits per heavy atom. The molecule has 3 heterocycles. The van der Waals surface area contributed by atoms with Crippen LogP contribution in [0.3, 0.4) is 0 Å². The van der Waals surface area contributed by atoms with Gasteiger partial charge in [-0.1, -0.05) is 19.0 Å². The fraction of sp³-hybridized carbons (Fsp3) is 0.350. The second-order valence-electron chi connectivity index (χ2n) is 7.38. The highest BCUT2D eigenvalue weighted by Crippen LogP contribution is 2.22. The summed E-state index contributed by atoms with van der Waals surface area (Å²) in [6.45, 7) is 9.28. The molecule has 0 saturated heterocycles. The Morgan fingerprint density at radius 3 is 2.86 bits per heavy atom. The van der Waals surface area contributed by atoms with Gasteiger partial charge in [0.25, 0.3) is 5.56 Å². The Labute approximate surface area is 161 Å². The number of hydrogen-bond acceptors (Lipinski definition) is 6. The van der Waals surface area contributed by atoms with Crippen LogP contribution in [0.4, 0.5) is 0 Å². The maximum atomic E-state index is 12.0. The van der Waals surface area contributed by atoms with E-state index in [-0.39, 0.29) is 5.56 Å². The summed E-state index contributed by atoms with van der Waals surface area (Å²) < 4.78 is 7.50. The van der Waals surface area contributed by atoms with E-state index in [1.54, 1.807) is 12.1 Å². The van der Waals surface area contributed by atoms with Crippen molar-refractivity contribution < 1.29 is 4.52 Å². The van der Waals surface area contributed by atoms with Crippen molar-refractivity contribution in [2.45, 2.75) is 40.7 Å². The number of aromatic nitrogens is 6. The van der Waals surface area contributed by atoms with Crippen molar-refractivity contribution >= 4 is 10.9 Å². The molecule has 0 spiro atoms. The lowest BCUT2D eigenvalue weighted by Gasteiger charge is -2.07. The molecule has 28 heavy (non-hydrogen) atoms. The Kier molecular flexibility index (Phi) is 4.54. The summed E-state index contributed by atoms with van der Waals surface area (Å²) in [7, 11) is 0. The largest absolute Gasteiger partial charge is 0.339 e. The molecule has 8 nitrogen and oxygen atoms in total. The molecule has 1 aromatic carbocycles. The van der Waals surface area contributed by atoms with Crippen LogP contribution >= 0.6 is 0 Å². The smallest absolute Gasteiger partial charge is 0.258 e. The molecule has 0 aliphatic rings. The van der Waals surface area contributed by atoms with Gasteiger partial charge in [-0.05, 0) is 38.0 Å². The minimum Gasteiger partial charge on any atom is -0.339 e. The van der Waals surface area contributed by atoms with Gasteiger partial charge in [0, 0.05) is 23.4 Å². The molecule has 1 N–H and O–H groups in total. The molecule has 4 aromatic rings. The Hall–Kier alpha value is -3.29. The monoisotopic (exact) mass is 378 g/mol. The standard InChI is InChI=1S/C20H22N6O2/c1-11(2)9-26-13(4)15(12(3)24-26)8-18-23-19(25-28-18)14-5-6-17-16(7-14)20(27)22-10-21-17/h5-7,10-11H,8-9H2,1-4H3,(H,21,22,27). The van der Waals surface area contributed by atoms with Crippen LogP contribution in [0.15, 0.2) is 33.8 Å². The SMILES string of the molecule is Cc1nn(CC(C)C)c(C)c1Cc1nc(-c2ccc3nc[nH]c(=O)c3c2)no1. The van der Waals surface area contributed by atoms with Gasteiger partial charge in [0.1, 0.15) is 0 Å². The molecule has 3 aromatic heterocycles. The summed E-state index contributed by atoms with van der Waals surface area (Å²) in [5.41, 5.74) is 4.34. The molecule has 0 fully saturated rings. The van der Waals surface area contributed by atoms with Crippen LogP contribution in [0, 0.1) is 19.8 Å². The summed E-state index contributed by atoms with van der Waals surface area (Å²) >= 11 is 0. The third-order valence-electron chi connectivity index (χ3n) is 4.76. The van der Waals surface area contributed by atoms with Crippen molar-refractivity contribution in [3.05, 3.63) is 57.7 Å². The van der Waals surface area contributed by atoms with Crippen molar-refractivity contribution in [1.29, 1.82) is 0 Å². The van der Waals surface area contributed by atoms with Crippen molar-refractivity contribution in [2.75, 3.05) is 0 Å². The highest BCUT2D eigenvalue weighted by molar-refractivity contribution is 5.82. The average Bonchev–Trinajstić information content (AvgIpc) is 3.22. The van der Waals surface area contributed by atoms with E-state index in [9.17, 15) is 4.79 Å². The Bertz CT molecular complexity index is 1200. The molecule has 0 saturated carbocycles. The lowest BCUT2D eigenvalue weighted by atomic mass is 10.1. The average molecular weight is 378 g/mol. The summed E-state index contributed by atoms with van der Waals surface area (Å²) in [4.78, 5) is 23.2. The van der Waals surface area contributed by atoms with Crippen molar-refractivity contribution in [1.82, 2.24) is 29.9 Å². The molecule has 0 unspecified atom stereocenters. The molecule has 0 radical (unpaired) electrons. The van der Waals surface area contributed by atoms with E-state index < -0.39 is 0 Å². The number of aromatic amines is 1. The first-order valence-corrected chi connectivity index (χ1v) is 9.25. The van der Waals surface area contributed by atoms with Gasteiger partial charge in [-0.15, -0.1) is 0 Å². The fourth-order valence-corrected chi connectivity index (χ4v) is 3.32. The molecule has 0 amide bonds. The highest BCUT2D eigenvalue weighted by Gasteiger charge is 2.17. The molecular formula is C20H22N6O2. The van der Waals surface area contributed by atoms with Gasteiger partial charge in [0.05, 0.1) is 29.3 Å². The number of aryl methyl sites for hydroxylation is 1. The third-order valence-corrected chi connectivity index (χ3v) is 4.76. The second-order valence-corrected chi connectivity index (χ2v) is 7.38. The van der Waals surface area contributed by atoms with Crippen LogP contribution in [0.1, 0.15) is 36.7 Å². The normalized spacial score (nSPS) is 11.6. The van der Waals surface area contributed by atoms with Gasteiger partial charge in [-0.25, -0.2) is 4.98 Å². The van der Waals surface area contributed by atoms with E-state index >= 15 is 0 Å². The predicted octanol–water partition coefficient (Wildman–Crippen LogP) is 3.03. The third kappa shape index (κ3) is 3.33. The van der Waals surface area contributed by atoms with E-state index in [1.807, 2.05) is 17.7 Å². The highest BCUT2D eigenvalue weighted by atomic mass is 16.5. The van der Waals surface area contributed by atoms with Gasteiger partial charge in [0.15, 0.2) is 0 Å². The molecule has 144 valence electrons. The molecule has 0 aliphatic carbocycles. The summed E-state index contributed by atoms with van der Waals surface area (Å²) in [5.74, 6) is 1.49. The number of benzene rings is 1. The first-order chi connectivity index (χ1) is 13.4. The van der Waals surface area contributed by atoms with E-state index in [1.165, 1.54) is 6.33 Å². The predicted molar refractivity (Wildman–Crippen MR) is 105 cm³/mol. The topological polar surface area (TPSA) is 102 Å². The first kappa shape index (κ1) is 18.1. The zero-order valence-corrected chi connectivity index (χ0v) is 16.4. The number of nitrogens with zero attached hydrogens (tertiary/aromatic N) is 5. The van der Waals surface area contributed by atoms with Gasteiger partial charge in [-0.3, -0.25) is 9.48 Å². The van der Waals surface area contributed by atoms with Crippen molar-refractivity contribution in [3.8, 4) is 11.4 Å². The quantitative estimate of drug-likeness (QED) is 0.573. The minimum absolute atomic E-state index is 0.195. The number of hydrogen-bond donors (Lipinski definition) is 1. The van der Waals surface area contributed by atoms with Gasteiger partial charge >= 0.3 is 0 Å². The Morgan fingerprint density at radius 2 is 2.07 bits per heavy atom. The van der Waals surface area contributed by atoms with Crippen LogP contribution in [0.5, 0.6) is 0 Å². The zero-order chi connectivity index (χ0) is 19.8. The molecule has 0 atom stereocenters. The number of H-pyrrole nitrogens is 1. The summed E-state index contributed by atoms with van der Waals surface area (Å²) in [6, 6.07) is 5.34. The molecule has 0 aliphatic heterocycles. The summed E-state index contributed by atoms with van der Waals surface area (Å²) in [5, 5.41) is 9.22. The lowest BCUT2D eigenvalue weighted by molar-refractivity contribution is 0.385. The molecular weight excluding hydrogens is 356 g/mol. The number of nitrogens with one attached hydrogen (secondary N) is 1. The van der Waals surface area contributed by atoms with Gasteiger partial charge in [-0.2, -0.15) is 10.1 Å². The maximum absolute atomic E-state index is 12.0. The summed E-state index contributed by atoms with van der Waals surface area (Å²) in [6.07, 6.45) is 1.92. The molecule has 8 heteroatoms. The fourth-order valence-electron chi connectivity index (χ4n) is 3.32. The number of fused-ring (bicyclic) bond motifs is 1. The second kappa shape index (κ2) is 7.03.